The average Bonchev–Trinajstić information content (AvgIpc) is 2.16. The molecule has 0 saturated heterocycles. The van der Waals surface area contributed by atoms with E-state index in [1.54, 1.807) is 0 Å². The van der Waals surface area contributed by atoms with Crippen molar-refractivity contribution in [3.63, 3.8) is 0 Å². The van der Waals surface area contributed by atoms with Crippen LogP contribution in [0.4, 0.5) is 0 Å². The van der Waals surface area contributed by atoms with E-state index in [-0.39, 0.29) is 0 Å². The summed E-state index contributed by atoms with van der Waals surface area (Å²) in [4.78, 5) is 0.938. The molecular formula is C11H16OS. The molecule has 13 heavy (non-hydrogen) atoms. The summed E-state index contributed by atoms with van der Waals surface area (Å²) in [5.74, 6) is 0.891. The van der Waals surface area contributed by atoms with Crippen molar-refractivity contribution in [1.82, 2.24) is 0 Å². The Morgan fingerprint density at radius 1 is 1.31 bits per heavy atom. The molecule has 0 radical (unpaired) electrons. The highest BCUT2D eigenvalue weighted by molar-refractivity contribution is 7.80. The smallest absolute Gasteiger partial charge is 0.132 e. The number of ether oxygens (including phenoxy) is 1. The van der Waals surface area contributed by atoms with Crippen LogP contribution in [0, 0.1) is 0 Å². The van der Waals surface area contributed by atoms with E-state index in [0.717, 1.165) is 30.1 Å². The van der Waals surface area contributed by atoms with Gasteiger partial charge in [-0.05, 0) is 30.5 Å². The Labute approximate surface area is 85.5 Å². The molecule has 0 atom stereocenters. The molecule has 0 unspecified atom stereocenters. The highest BCUT2D eigenvalue weighted by Crippen LogP contribution is 2.23. The van der Waals surface area contributed by atoms with Gasteiger partial charge in [0.25, 0.3) is 0 Å². The zero-order chi connectivity index (χ0) is 9.68. The lowest BCUT2D eigenvalue weighted by atomic mass is 10.2. The fourth-order valence-electron chi connectivity index (χ4n) is 1.12. The summed E-state index contributed by atoms with van der Waals surface area (Å²) in [5, 5.41) is 0. The minimum atomic E-state index is 0.763. The Balaban J connectivity index is 2.73. The number of hydrogen-bond donors (Lipinski definition) is 1. The molecule has 1 aromatic carbocycles. The molecule has 1 rings (SSSR count). The lowest BCUT2D eigenvalue weighted by Gasteiger charge is -2.08. The van der Waals surface area contributed by atoms with E-state index >= 15 is 0 Å². The molecule has 0 fully saturated rings. The maximum Gasteiger partial charge on any atom is 0.132 e. The van der Waals surface area contributed by atoms with Crippen LogP contribution in [-0.2, 0) is 6.42 Å². The van der Waals surface area contributed by atoms with E-state index in [9.17, 15) is 0 Å². The van der Waals surface area contributed by atoms with Gasteiger partial charge in [-0.25, -0.2) is 0 Å². The van der Waals surface area contributed by atoms with Crippen molar-refractivity contribution >= 4 is 12.6 Å². The second kappa shape index (κ2) is 5.18. The molecule has 0 aromatic heterocycles. The molecule has 0 heterocycles. The van der Waals surface area contributed by atoms with Crippen LogP contribution in [0.15, 0.2) is 23.1 Å². The molecule has 1 aromatic rings. The van der Waals surface area contributed by atoms with E-state index in [1.807, 2.05) is 6.07 Å². The standard InChI is InChI=1S/C11H16OS/c1-3-7-12-10-6-5-9(4-2)8-11(10)13/h5-6,8,13H,3-4,7H2,1-2H3. The van der Waals surface area contributed by atoms with E-state index in [0.29, 0.717) is 0 Å². The van der Waals surface area contributed by atoms with Gasteiger partial charge in [-0.15, -0.1) is 12.6 Å². The first-order chi connectivity index (χ1) is 6.27. The maximum absolute atomic E-state index is 5.51. The Bertz CT molecular complexity index is 271. The van der Waals surface area contributed by atoms with Crippen LogP contribution in [-0.4, -0.2) is 6.61 Å². The summed E-state index contributed by atoms with van der Waals surface area (Å²) in [5.41, 5.74) is 1.30. The molecule has 2 heteroatoms. The van der Waals surface area contributed by atoms with E-state index < -0.39 is 0 Å². The predicted octanol–water partition coefficient (Wildman–Crippen LogP) is 3.33. The predicted molar refractivity (Wildman–Crippen MR) is 58.9 cm³/mol. The lowest BCUT2D eigenvalue weighted by Crippen LogP contribution is -1.96. The summed E-state index contributed by atoms with van der Waals surface area (Å²) in [6.07, 6.45) is 2.07. The van der Waals surface area contributed by atoms with Crippen molar-refractivity contribution < 1.29 is 4.74 Å². The number of aryl methyl sites for hydroxylation is 1. The molecule has 0 spiro atoms. The van der Waals surface area contributed by atoms with Crippen LogP contribution in [0.2, 0.25) is 0 Å². The fraction of sp³-hybridized carbons (Fsp3) is 0.455. The summed E-state index contributed by atoms with van der Waals surface area (Å²) in [7, 11) is 0. The molecular weight excluding hydrogens is 180 g/mol. The van der Waals surface area contributed by atoms with Gasteiger partial charge in [-0.2, -0.15) is 0 Å². The van der Waals surface area contributed by atoms with Gasteiger partial charge in [0.05, 0.1) is 6.61 Å². The van der Waals surface area contributed by atoms with Crippen LogP contribution in [0.3, 0.4) is 0 Å². The summed E-state index contributed by atoms with van der Waals surface area (Å²) >= 11 is 4.37. The van der Waals surface area contributed by atoms with Gasteiger partial charge in [-0.1, -0.05) is 19.9 Å². The molecule has 0 aliphatic heterocycles. The minimum absolute atomic E-state index is 0.763. The van der Waals surface area contributed by atoms with Gasteiger partial charge < -0.3 is 4.74 Å². The van der Waals surface area contributed by atoms with Crippen molar-refractivity contribution in [3.05, 3.63) is 23.8 Å². The molecule has 0 aliphatic rings. The quantitative estimate of drug-likeness (QED) is 0.727. The van der Waals surface area contributed by atoms with Crippen molar-refractivity contribution in [2.24, 2.45) is 0 Å². The van der Waals surface area contributed by atoms with Crippen LogP contribution in [0.25, 0.3) is 0 Å². The Morgan fingerprint density at radius 2 is 2.08 bits per heavy atom. The second-order valence-electron chi connectivity index (χ2n) is 3.00. The number of benzene rings is 1. The highest BCUT2D eigenvalue weighted by Gasteiger charge is 1.99. The second-order valence-corrected chi connectivity index (χ2v) is 3.49. The lowest BCUT2D eigenvalue weighted by molar-refractivity contribution is 0.310. The molecule has 0 saturated carbocycles. The molecule has 0 amide bonds. The van der Waals surface area contributed by atoms with Crippen LogP contribution >= 0.6 is 12.6 Å². The molecule has 0 N–H and O–H groups in total. The van der Waals surface area contributed by atoms with Gasteiger partial charge in [-0.3, -0.25) is 0 Å². The third-order valence-corrected chi connectivity index (χ3v) is 2.24. The zero-order valence-electron chi connectivity index (χ0n) is 8.21. The van der Waals surface area contributed by atoms with Crippen LogP contribution in [0.5, 0.6) is 5.75 Å². The Morgan fingerprint density at radius 3 is 2.62 bits per heavy atom. The maximum atomic E-state index is 5.51. The first kappa shape index (κ1) is 10.5. The van der Waals surface area contributed by atoms with E-state index in [2.05, 4.69) is 38.6 Å². The number of thiol groups is 1. The molecule has 0 bridgehead atoms. The van der Waals surface area contributed by atoms with Crippen molar-refractivity contribution in [2.45, 2.75) is 31.6 Å². The number of rotatable bonds is 4. The van der Waals surface area contributed by atoms with Gasteiger partial charge >= 0.3 is 0 Å². The minimum Gasteiger partial charge on any atom is -0.492 e. The Hall–Kier alpha value is -0.630. The fourth-order valence-corrected chi connectivity index (χ4v) is 1.42. The molecule has 72 valence electrons. The van der Waals surface area contributed by atoms with Crippen molar-refractivity contribution in [1.29, 1.82) is 0 Å². The summed E-state index contributed by atoms with van der Waals surface area (Å²) < 4.78 is 5.51. The largest absolute Gasteiger partial charge is 0.492 e. The SMILES string of the molecule is CCCOc1ccc(CC)cc1S. The van der Waals surface area contributed by atoms with Crippen LogP contribution < -0.4 is 4.74 Å². The van der Waals surface area contributed by atoms with Gasteiger partial charge in [0.1, 0.15) is 5.75 Å². The molecule has 0 aliphatic carbocycles. The zero-order valence-corrected chi connectivity index (χ0v) is 9.10. The number of hydrogen-bond acceptors (Lipinski definition) is 2. The first-order valence-electron chi connectivity index (χ1n) is 4.72. The first-order valence-corrected chi connectivity index (χ1v) is 5.17. The topological polar surface area (TPSA) is 9.23 Å². The monoisotopic (exact) mass is 196 g/mol. The van der Waals surface area contributed by atoms with Crippen LogP contribution in [0.1, 0.15) is 25.8 Å². The normalized spacial score (nSPS) is 10.1. The molecule has 1 nitrogen and oxygen atoms in total. The average molecular weight is 196 g/mol. The van der Waals surface area contributed by atoms with Gasteiger partial charge in [0.15, 0.2) is 0 Å². The highest BCUT2D eigenvalue weighted by atomic mass is 32.1. The van der Waals surface area contributed by atoms with Crippen molar-refractivity contribution in [3.8, 4) is 5.75 Å². The van der Waals surface area contributed by atoms with E-state index in [1.165, 1.54) is 5.56 Å². The third kappa shape index (κ3) is 2.96. The summed E-state index contributed by atoms with van der Waals surface area (Å²) in [6.45, 7) is 4.99. The Kier molecular flexibility index (Phi) is 4.16. The van der Waals surface area contributed by atoms with Gasteiger partial charge in [0, 0.05) is 4.90 Å². The van der Waals surface area contributed by atoms with E-state index in [4.69, 9.17) is 4.74 Å². The third-order valence-electron chi connectivity index (χ3n) is 1.89. The van der Waals surface area contributed by atoms with Crippen molar-refractivity contribution in [2.75, 3.05) is 6.61 Å². The summed E-state index contributed by atoms with van der Waals surface area (Å²) in [6, 6.07) is 6.15. The van der Waals surface area contributed by atoms with Gasteiger partial charge in [0.2, 0.25) is 0 Å².